The van der Waals surface area contributed by atoms with E-state index in [1.54, 1.807) is 0 Å². The summed E-state index contributed by atoms with van der Waals surface area (Å²) in [5.41, 5.74) is -0.364. The maximum absolute atomic E-state index is 12.6. The van der Waals surface area contributed by atoms with Crippen molar-refractivity contribution in [1.82, 2.24) is 15.1 Å². The molecular weight excluding hydrogens is 348 g/mol. The van der Waals surface area contributed by atoms with Gasteiger partial charge in [-0.05, 0) is 25.7 Å². The number of nitrogens with one attached hydrogen (secondary N) is 1. The maximum Gasteiger partial charge on any atom is 0.229 e. The second kappa shape index (κ2) is 8.03. The number of hydrogen-bond acceptors (Lipinski definition) is 5. The van der Waals surface area contributed by atoms with Gasteiger partial charge in [0.05, 0.1) is 0 Å². The van der Waals surface area contributed by atoms with Gasteiger partial charge in [0.2, 0.25) is 16.9 Å². The van der Waals surface area contributed by atoms with Crippen LogP contribution in [0.1, 0.15) is 76.6 Å². The summed E-state index contributed by atoms with van der Waals surface area (Å²) in [5.74, 6) is 0.636. The highest BCUT2D eigenvalue weighted by Crippen LogP contribution is 2.35. The first kappa shape index (κ1) is 19.3. The van der Waals surface area contributed by atoms with Gasteiger partial charge in [-0.2, -0.15) is 0 Å². The van der Waals surface area contributed by atoms with Crippen LogP contribution in [-0.2, 0) is 9.59 Å². The molecule has 26 heavy (non-hydrogen) atoms. The molecule has 2 aliphatic rings. The second-order valence-electron chi connectivity index (χ2n) is 8.59. The van der Waals surface area contributed by atoms with Crippen LogP contribution in [0.4, 0.5) is 5.13 Å². The number of nitrogens with zero attached hydrogens (tertiary/aromatic N) is 3. The van der Waals surface area contributed by atoms with Gasteiger partial charge < -0.3 is 10.2 Å². The molecule has 0 aromatic carbocycles. The van der Waals surface area contributed by atoms with Crippen molar-refractivity contribution in [3.05, 3.63) is 5.01 Å². The fourth-order valence-corrected chi connectivity index (χ4v) is 4.74. The Labute approximate surface area is 159 Å². The molecule has 0 spiro atoms. The lowest BCUT2D eigenvalue weighted by atomic mass is 9.90. The van der Waals surface area contributed by atoms with Crippen molar-refractivity contribution in [2.24, 2.45) is 11.3 Å². The zero-order valence-electron chi connectivity index (χ0n) is 16.1. The van der Waals surface area contributed by atoms with E-state index in [0.29, 0.717) is 37.0 Å². The van der Waals surface area contributed by atoms with Crippen molar-refractivity contribution < 1.29 is 9.59 Å². The Morgan fingerprint density at radius 3 is 2.31 bits per heavy atom. The molecule has 0 radical (unpaired) electrons. The summed E-state index contributed by atoms with van der Waals surface area (Å²) in [5, 5.41) is 13.1. The molecule has 2 amide bonds. The van der Waals surface area contributed by atoms with Crippen molar-refractivity contribution in [3.8, 4) is 0 Å². The molecule has 1 aliphatic carbocycles. The number of anilines is 1. The average molecular weight is 379 g/mol. The smallest absolute Gasteiger partial charge is 0.229 e. The molecule has 3 rings (SSSR count). The van der Waals surface area contributed by atoms with Crippen LogP contribution in [0.25, 0.3) is 0 Å². The Hall–Kier alpha value is -1.50. The Bertz CT molecular complexity index is 638. The Balaban J connectivity index is 1.50. The van der Waals surface area contributed by atoms with E-state index in [0.717, 1.165) is 5.01 Å². The molecular formula is C19H30N4O2S. The van der Waals surface area contributed by atoms with E-state index in [1.165, 1.54) is 43.4 Å². The summed E-state index contributed by atoms with van der Waals surface area (Å²) in [7, 11) is 0. The molecule has 1 aromatic heterocycles. The number of carbonyl (C=O) groups excluding carboxylic acids is 2. The summed E-state index contributed by atoms with van der Waals surface area (Å²) in [6, 6.07) is 0. The number of likely N-dealkylation sites (tertiary alicyclic amines) is 1. The van der Waals surface area contributed by atoms with Crippen molar-refractivity contribution in [2.75, 3.05) is 18.4 Å². The molecule has 0 bridgehead atoms. The van der Waals surface area contributed by atoms with Crippen LogP contribution in [-0.4, -0.2) is 40.0 Å². The quantitative estimate of drug-likeness (QED) is 0.868. The number of carbonyl (C=O) groups is 2. The van der Waals surface area contributed by atoms with Gasteiger partial charge in [-0.1, -0.05) is 51.4 Å². The monoisotopic (exact) mass is 378 g/mol. The summed E-state index contributed by atoms with van der Waals surface area (Å²) >= 11 is 1.52. The van der Waals surface area contributed by atoms with Gasteiger partial charge in [0, 0.05) is 30.3 Å². The number of rotatable bonds is 3. The largest absolute Gasteiger partial charge is 0.342 e. The first-order valence-electron chi connectivity index (χ1n) is 9.78. The van der Waals surface area contributed by atoms with Crippen molar-refractivity contribution >= 4 is 28.3 Å². The van der Waals surface area contributed by atoms with Crippen LogP contribution in [0.5, 0.6) is 0 Å². The highest BCUT2D eigenvalue weighted by atomic mass is 32.1. The fourth-order valence-electron chi connectivity index (χ4n) is 3.83. The minimum absolute atomic E-state index is 0.0131. The van der Waals surface area contributed by atoms with Crippen LogP contribution in [0.2, 0.25) is 0 Å². The van der Waals surface area contributed by atoms with E-state index in [-0.39, 0.29) is 23.1 Å². The standard InChI is InChI=1S/C19H30N4O2S/c1-19(2,3)17(25)23-11-9-13(10-12-23)15(24)20-18-22-21-16(26-18)14-7-5-4-6-8-14/h13-14H,4-12H2,1-3H3,(H,20,22,24). The predicted molar refractivity (Wildman–Crippen MR) is 103 cm³/mol. The molecule has 2 fully saturated rings. The van der Waals surface area contributed by atoms with Crippen molar-refractivity contribution in [3.63, 3.8) is 0 Å². The molecule has 1 aromatic rings. The molecule has 144 valence electrons. The summed E-state index contributed by atoms with van der Waals surface area (Å²) < 4.78 is 0. The lowest BCUT2D eigenvalue weighted by Crippen LogP contribution is -2.45. The van der Waals surface area contributed by atoms with Crippen molar-refractivity contribution in [2.45, 2.75) is 71.6 Å². The first-order chi connectivity index (χ1) is 12.3. The van der Waals surface area contributed by atoms with Crippen LogP contribution in [0.3, 0.4) is 0 Å². The van der Waals surface area contributed by atoms with Crippen LogP contribution >= 0.6 is 11.3 Å². The molecule has 7 heteroatoms. The van der Waals surface area contributed by atoms with Gasteiger partial charge >= 0.3 is 0 Å². The topological polar surface area (TPSA) is 75.2 Å². The lowest BCUT2D eigenvalue weighted by molar-refractivity contribution is -0.142. The van der Waals surface area contributed by atoms with E-state index < -0.39 is 0 Å². The van der Waals surface area contributed by atoms with E-state index >= 15 is 0 Å². The minimum Gasteiger partial charge on any atom is -0.342 e. The van der Waals surface area contributed by atoms with Crippen LogP contribution in [0, 0.1) is 11.3 Å². The molecule has 1 saturated heterocycles. The summed E-state index contributed by atoms with van der Waals surface area (Å²) in [6.07, 6.45) is 7.63. The predicted octanol–water partition coefficient (Wildman–Crippen LogP) is 3.81. The highest BCUT2D eigenvalue weighted by Gasteiger charge is 2.32. The molecule has 1 N–H and O–H groups in total. The van der Waals surface area contributed by atoms with Gasteiger partial charge in [-0.25, -0.2) is 0 Å². The van der Waals surface area contributed by atoms with E-state index in [4.69, 9.17) is 0 Å². The fraction of sp³-hybridized carbons (Fsp3) is 0.789. The summed E-state index contributed by atoms with van der Waals surface area (Å²) in [4.78, 5) is 26.8. The normalized spacial score (nSPS) is 20.2. The third-order valence-electron chi connectivity index (χ3n) is 5.42. The number of piperidine rings is 1. The number of aromatic nitrogens is 2. The highest BCUT2D eigenvalue weighted by molar-refractivity contribution is 7.15. The van der Waals surface area contributed by atoms with Gasteiger partial charge in [0.1, 0.15) is 5.01 Å². The molecule has 1 saturated carbocycles. The zero-order chi connectivity index (χ0) is 18.7. The average Bonchev–Trinajstić information content (AvgIpc) is 3.09. The molecule has 6 nitrogen and oxygen atoms in total. The Morgan fingerprint density at radius 1 is 1.04 bits per heavy atom. The van der Waals surface area contributed by atoms with E-state index in [9.17, 15) is 9.59 Å². The van der Waals surface area contributed by atoms with Crippen LogP contribution < -0.4 is 5.32 Å². The zero-order valence-corrected chi connectivity index (χ0v) is 16.9. The van der Waals surface area contributed by atoms with Gasteiger partial charge in [0.25, 0.3) is 0 Å². The number of hydrogen-bond donors (Lipinski definition) is 1. The van der Waals surface area contributed by atoms with E-state index in [2.05, 4.69) is 15.5 Å². The second-order valence-corrected chi connectivity index (χ2v) is 9.60. The third-order valence-corrected chi connectivity index (χ3v) is 6.42. The third kappa shape index (κ3) is 4.61. The number of amides is 2. The van der Waals surface area contributed by atoms with E-state index in [1.807, 2.05) is 25.7 Å². The minimum atomic E-state index is -0.364. The molecule has 2 heterocycles. The van der Waals surface area contributed by atoms with Crippen molar-refractivity contribution in [1.29, 1.82) is 0 Å². The van der Waals surface area contributed by atoms with Crippen LogP contribution in [0.15, 0.2) is 0 Å². The van der Waals surface area contributed by atoms with Gasteiger partial charge in [-0.15, -0.1) is 10.2 Å². The summed E-state index contributed by atoms with van der Waals surface area (Å²) in [6.45, 7) is 7.11. The maximum atomic E-state index is 12.6. The SMILES string of the molecule is CC(C)(C)C(=O)N1CCC(C(=O)Nc2nnc(C3CCCCC3)s2)CC1. The van der Waals surface area contributed by atoms with Gasteiger partial charge in [-0.3, -0.25) is 9.59 Å². The van der Waals surface area contributed by atoms with Gasteiger partial charge in [0.15, 0.2) is 0 Å². The Morgan fingerprint density at radius 2 is 1.69 bits per heavy atom. The molecule has 1 aliphatic heterocycles. The molecule has 0 unspecified atom stereocenters. The lowest BCUT2D eigenvalue weighted by Gasteiger charge is -2.35. The Kier molecular flexibility index (Phi) is 5.95. The molecule has 0 atom stereocenters. The first-order valence-corrected chi connectivity index (χ1v) is 10.6.